The molecule has 154 valence electrons. The summed E-state index contributed by atoms with van der Waals surface area (Å²) in [5.74, 6) is 0.416. The molecule has 1 aliphatic heterocycles. The number of amides is 2. The molecular formula is C22H26N2O5. The van der Waals surface area contributed by atoms with E-state index >= 15 is 0 Å². The lowest BCUT2D eigenvalue weighted by molar-refractivity contribution is -0.119. The zero-order chi connectivity index (χ0) is 21.0. The fourth-order valence-corrected chi connectivity index (χ4v) is 3.52. The van der Waals surface area contributed by atoms with E-state index in [-0.39, 0.29) is 5.91 Å². The third kappa shape index (κ3) is 3.99. The highest BCUT2D eigenvalue weighted by molar-refractivity contribution is 6.12. The molecule has 1 aliphatic rings. The van der Waals surface area contributed by atoms with E-state index in [0.717, 1.165) is 5.56 Å². The molecule has 2 amide bonds. The van der Waals surface area contributed by atoms with E-state index in [9.17, 15) is 9.59 Å². The number of nitrogens with two attached hydrogens (primary N) is 1. The molecule has 1 heterocycles. The molecule has 0 bridgehead atoms. The molecule has 0 saturated carbocycles. The maximum atomic E-state index is 13.5. The van der Waals surface area contributed by atoms with Crippen molar-refractivity contribution in [3.8, 4) is 17.2 Å². The minimum Gasteiger partial charge on any atom is -0.490 e. The molecule has 29 heavy (non-hydrogen) atoms. The summed E-state index contributed by atoms with van der Waals surface area (Å²) in [6, 6.07) is 9.93. The molecule has 0 radical (unpaired) electrons. The Balaban J connectivity index is 2.09. The van der Waals surface area contributed by atoms with Crippen molar-refractivity contribution >= 4 is 17.5 Å². The summed E-state index contributed by atoms with van der Waals surface area (Å²) in [6.07, 6.45) is 0.394. The van der Waals surface area contributed by atoms with Crippen LogP contribution in [0.2, 0.25) is 0 Å². The van der Waals surface area contributed by atoms with Crippen molar-refractivity contribution in [1.29, 1.82) is 0 Å². The van der Waals surface area contributed by atoms with Gasteiger partial charge < -0.3 is 19.9 Å². The molecule has 0 fully saturated rings. The number of hydrogen-bond donors (Lipinski definition) is 1. The monoisotopic (exact) mass is 398 g/mol. The zero-order valence-electron chi connectivity index (χ0n) is 16.9. The average molecular weight is 398 g/mol. The van der Waals surface area contributed by atoms with Crippen LogP contribution in [0, 0.1) is 0 Å². The quantitative estimate of drug-likeness (QED) is 0.738. The summed E-state index contributed by atoms with van der Waals surface area (Å²) in [5.41, 5.74) is 7.53. The molecule has 0 unspecified atom stereocenters. The standard InChI is InChI=1S/C22H26N2O5/c1-4-27-18-12-15(13-19(28-5-2)20(18)29-6-3)22(26)24-16-10-8-7-9-14(16)11-17(24)21(23)25/h7-10,12-13,17H,4-6,11H2,1-3H3,(H2,23,25)/t17-/m1/s1. The van der Waals surface area contributed by atoms with Gasteiger partial charge in [0.1, 0.15) is 6.04 Å². The van der Waals surface area contributed by atoms with Crippen molar-refractivity contribution in [2.45, 2.75) is 33.2 Å². The minimum absolute atomic E-state index is 0.336. The molecule has 7 heteroatoms. The van der Waals surface area contributed by atoms with Gasteiger partial charge in [0.25, 0.3) is 5.91 Å². The Morgan fingerprint density at radius 1 is 1.00 bits per heavy atom. The molecule has 0 saturated heterocycles. The second-order valence-electron chi connectivity index (χ2n) is 6.53. The summed E-state index contributed by atoms with van der Waals surface area (Å²) in [7, 11) is 0. The van der Waals surface area contributed by atoms with Gasteiger partial charge in [0, 0.05) is 17.7 Å². The second-order valence-corrected chi connectivity index (χ2v) is 6.53. The lowest BCUT2D eigenvalue weighted by Gasteiger charge is -2.24. The van der Waals surface area contributed by atoms with Gasteiger partial charge in [-0.25, -0.2) is 0 Å². The second kappa shape index (κ2) is 8.86. The van der Waals surface area contributed by atoms with Gasteiger partial charge in [-0.15, -0.1) is 0 Å². The van der Waals surface area contributed by atoms with Crippen LogP contribution in [-0.2, 0) is 11.2 Å². The van der Waals surface area contributed by atoms with Crippen LogP contribution < -0.4 is 24.8 Å². The van der Waals surface area contributed by atoms with Crippen LogP contribution in [0.3, 0.4) is 0 Å². The number of hydrogen-bond acceptors (Lipinski definition) is 5. The van der Waals surface area contributed by atoms with E-state index in [0.29, 0.717) is 54.7 Å². The first kappa shape index (κ1) is 20.5. The number of fused-ring (bicyclic) bond motifs is 1. The van der Waals surface area contributed by atoms with E-state index in [1.807, 2.05) is 45.0 Å². The van der Waals surface area contributed by atoms with Crippen LogP contribution in [0.25, 0.3) is 0 Å². The van der Waals surface area contributed by atoms with Gasteiger partial charge in [-0.2, -0.15) is 0 Å². The smallest absolute Gasteiger partial charge is 0.259 e. The van der Waals surface area contributed by atoms with Gasteiger partial charge in [0.05, 0.1) is 19.8 Å². The van der Waals surface area contributed by atoms with Crippen molar-refractivity contribution in [3.05, 3.63) is 47.5 Å². The predicted molar refractivity (Wildman–Crippen MR) is 110 cm³/mol. The Kier molecular flexibility index (Phi) is 6.26. The maximum absolute atomic E-state index is 13.5. The number of carbonyl (C=O) groups is 2. The summed E-state index contributed by atoms with van der Waals surface area (Å²) in [5, 5.41) is 0. The van der Waals surface area contributed by atoms with Crippen LogP contribution in [0.1, 0.15) is 36.7 Å². The van der Waals surface area contributed by atoms with E-state index in [2.05, 4.69) is 0 Å². The topological polar surface area (TPSA) is 91.1 Å². The van der Waals surface area contributed by atoms with Gasteiger partial charge in [-0.05, 0) is 44.5 Å². The number of para-hydroxylation sites is 1. The summed E-state index contributed by atoms with van der Waals surface area (Å²) < 4.78 is 17.1. The molecular weight excluding hydrogens is 372 g/mol. The lowest BCUT2D eigenvalue weighted by atomic mass is 10.1. The van der Waals surface area contributed by atoms with Gasteiger partial charge in [0.15, 0.2) is 11.5 Å². The Bertz CT molecular complexity index is 885. The maximum Gasteiger partial charge on any atom is 0.259 e. The minimum atomic E-state index is -0.738. The van der Waals surface area contributed by atoms with Crippen LogP contribution in [0.5, 0.6) is 17.2 Å². The van der Waals surface area contributed by atoms with Gasteiger partial charge in [-0.3, -0.25) is 14.5 Å². The Morgan fingerprint density at radius 2 is 1.59 bits per heavy atom. The SMILES string of the molecule is CCOc1cc(C(=O)N2c3ccccc3C[C@@H]2C(N)=O)cc(OCC)c1OCC. The van der Waals surface area contributed by atoms with Crippen molar-refractivity contribution in [1.82, 2.24) is 0 Å². The van der Waals surface area contributed by atoms with Crippen LogP contribution in [0.4, 0.5) is 5.69 Å². The molecule has 0 spiro atoms. The van der Waals surface area contributed by atoms with Crippen LogP contribution in [0.15, 0.2) is 36.4 Å². The number of anilines is 1. The zero-order valence-corrected chi connectivity index (χ0v) is 16.9. The van der Waals surface area contributed by atoms with Gasteiger partial charge >= 0.3 is 0 Å². The number of rotatable bonds is 8. The van der Waals surface area contributed by atoms with Gasteiger partial charge in [-0.1, -0.05) is 18.2 Å². The first-order valence-electron chi connectivity index (χ1n) is 9.78. The number of ether oxygens (including phenoxy) is 3. The molecule has 1 atom stereocenters. The molecule has 2 aromatic carbocycles. The van der Waals surface area contributed by atoms with Crippen LogP contribution in [-0.4, -0.2) is 37.7 Å². The highest BCUT2D eigenvalue weighted by Gasteiger charge is 2.38. The molecule has 3 rings (SSSR count). The predicted octanol–water partition coefficient (Wildman–Crippen LogP) is 2.94. The van der Waals surface area contributed by atoms with E-state index in [1.54, 1.807) is 12.1 Å². The summed E-state index contributed by atoms with van der Waals surface area (Å²) in [4.78, 5) is 27.0. The molecule has 0 aliphatic carbocycles. The van der Waals surface area contributed by atoms with Crippen LogP contribution >= 0.6 is 0 Å². The molecule has 2 N–H and O–H groups in total. The number of benzene rings is 2. The number of nitrogens with zero attached hydrogens (tertiary/aromatic N) is 1. The number of carbonyl (C=O) groups excluding carboxylic acids is 2. The fourth-order valence-electron chi connectivity index (χ4n) is 3.52. The van der Waals surface area contributed by atoms with Crippen molar-refractivity contribution in [2.75, 3.05) is 24.7 Å². The average Bonchev–Trinajstić information content (AvgIpc) is 3.10. The Morgan fingerprint density at radius 3 is 2.14 bits per heavy atom. The third-order valence-corrected chi connectivity index (χ3v) is 4.68. The first-order chi connectivity index (χ1) is 14.0. The molecule has 0 aromatic heterocycles. The van der Waals surface area contributed by atoms with E-state index in [1.165, 1.54) is 4.90 Å². The first-order valence-corrected chi connectivity index (χ1v) is 9.78. The number of primary amides is 1. The molecule has 7 nitrogen and oxygen atoms in total. The van der Waals surface area contributed by atoms with Gasteiger partial charge in [0.2, 0.25) is 11.7 Å². The lowest BCUT2D eigenvalue weighted by Crippen LogP contribution is -2.46. The van der Waals surface area contributed by atoms with Crippen molar-refractivity contribution < 1.29 is 23.8 Å². The van der Waals surface area contributed by atoms with Crippen molar-refractivity contribution in [2.24, 2.45) is 5.73 Å². The summed E-state index contributed by atoms with van der Waals surface area (Å²) >= 11 is 0. The Hall–Kier alpha value is -3.22. The largest absolute Gasteiger partial charge is 0.490 e. The Labute approximate surface area is 170 Å². The fraction of sp³-hybridized carbons (Fsp3) is 0.364. The third-order valence-electron chi connectivity index (χ3n) is 4.68. The normalized spacial score (nSPS) is 15.0. The van der Waals surface area contributed by atoms with E-state index in [4.69, 9.17) is 19.9 Å². The highest BCUT2D eigenvalue weighted by Crippen LogP contribution is 2.41. The highest BCUT2D eigenvalue weighted by atomic mass is 16.5. The molecule has 2 aromatic rings. The van der Waals surface area contributed by atoms with E-state index < -0.39 is 11.9 Å². The summed E-state index contributed by atoms with van der Waals surface area (Å²) in [6.45, 7) is 6.80. The van der Waals surface area contributed by atoms with Crippen molar-refractivity contribution in [3.63, 3.8) is 0 Å².